The lowest BCUT2D eigenvalue weighted by Gasteiger charge is -2.22. The molecule has 0 aromatic carbocycles. The number of nitrogens with zero attached hydrogens (tertiary/aromatic N) is 1. The fourth-order valence-corrected chi connectivity index (χ4v) is 1.82. The highest BCUT2D eigenvalue weighted by molar-refractivity contribution is 5.23. The van der Waals surface area contributed by atoms with Crippen molar-refractivity contribution in [2.45, 2.75) is 18.8 Å². The molecule has 1 unspecified atom stereocenters. The predicted molar refractivity (Wildman–Crippen MR) is 49.1 cm³/mol. The van der Waals surface area contributed by atoms with Crippen LogP contribution in [-0.2, 0) is 5.41 Å². The quantitative estimate of drug-likeness (QED) is 0.674. The summed E-state index contributed by atoms with van der Waals surface area (Å²) in [5.74, 6) is 0. The standard InChI is InChI=1S/C10H14N2/c1-10(4-7-12-8-10)9-2-5-11-6-3-9/h2-3,5-6,12H,4,7-8H2,1H3. The molecule has 0 radical (unpaired) electrons. The van der Waals surface area contributed by atoms with Crippen molar-refractivity contribution < 1.29 is 0 Å². The van der Waals surface area contributed by atoms with E-state index in [-0.39, 0.29) is 0 Å². The van der Waals surface area contributed by atoms with Gasteiger partial charge in [0.15, 0.2) is 0 Å². The molecular formula is C10H14N2. The van der Waals surface area contributed by atoms with Crippen LogP contribution in [0.15, 0.2) is 24.5 Å². The molecule has 0 spiro atoms. The third-order valence-electron chi connectivity index (χ3n) is 2.75. The minimum atomic E-state index is 0.336. The van der Waals surface area contributed by atoms with E-state index in [0.29, 0.717) is 5.41 Å². The van der Waals surface area contributed by atoms with E-state index in [2.05, 4.69) is 29.4 Å². The average molecular weight is 162 g/mol. The molecule has 1 fully saturated rings. The average Bonchev–Trinajstić information content (AvgIpc) is 2.55. The topological polar surface area (TPSA) is 24.9 Å². The van der Waals surface area contributed by atoms with Crippen molar-refractivity contribution in [3.05, 3.63) is 30.1 Å². The summed E-state index contributed by atoms with van der Waals surface area (Å²) < 4.78 is 0. The van der Waals surface area contributed by atoms with Crippen LogP contribution in [0.2, 0.25) is 0 Å². The summed E-state index contributed by atoms with van der Waals surface area (Å²) in [4.78, 5) is 4.03. The number of nitrogens with one attached hydrogen (secondary N) is 1. The first-order chi connectivity index (χ1) is 5.81. The SMILES string of the molecule is CC1(c2ccncc2)CCNC1. The molecule has 1 saturated heterocycles. The van der Waals surface area contributed by atoms with Gasteiger partial charge in [-0.3, -0.25) is 4.98 Å². The summed E-state index contributed by atoms with van der Waals surface area (Å²) in [6.45, 7) is 4.54. The Balaban J connectivity index is 2.29. The molecular weight excluding hydrogens is 148 g/mol. The van der Waals surface area contributed by atoms with Gasteiger partial charge < -0.3 is 5.32 Å². The minimum Gasteiger partial charge on any atom is -0.316 e. The van der Waals surface area contributed by atoms with Gasteiger partial charge in [0.05, 0.1) is 0 Å². The second-order valence-electron chi connectivity index (χ2n) is 3.72. The highest BCUT2D eigenvalue weighted by atomic mass is 14.9. The van der Waals surface area contributed by atoms with E-state index in [1.165, 1.54) is 12.0 Å². The molecule has 12 heavy (non-hydrogen) atoms. The van der Waals surface area contributed by atoms with Gasteiger partial charge in [-0.05, 0) is 30.7 Å². The lowest BCUT2D eigenvalue weighted by atomic mass is 9.82. The fraction of sp³-hybridized carbons (Fsp3) is 0.500. The van der Waals surface area contributed by atoms with Crippen molar-refractivity contribution >= 4 is 0 Å². The van der Waals surface area contributed by atoms with Gasteiger partial charge in [-0.1, -0.05) is 6.92 Å². The Bertz CT molecular complexity index is 250. The van der Waals surface area contributed by atoms with Crippen LogP contribution in [0.4, 0.5) is 0 Å². The third-order valence-corrected chi connectivity index (χ3v) is 2.75. The first kappa shape index (κ1) is 7.74. The molecule has 2 heterocycles. The second-order valence-corrected chi connectivity index (χ2v) is 3.72. The monoisotopic (exact) mass is 162 g/mol. The Morgan fingerprint density at radius 3 is 2.75 bits per heavy atom. The van der Waals surface area contributed by atoms with Gasteiger partial charge in [-0.25, -0.2) is 0 Å². The molecule has 1 atom stereocenters. The highest BCUT2D eigenvalue weighted by Crippen LogP contribution is 2.28. The van der Waals surface area contributed by atoms with E-state index < -0.39 is 0 Å². The number of hydrogen-bond acceptors (Lipinski definition) is 2. The maximum atomic E-state index is 4.03. The van der Waals surface area contributed by atoms with Crippen LogP contribution >= 0.6 is 0 Å². The molecule has 64 valence electrons. The molecule has 2 nitrogen and oxygen atoms in total. The molecule has 0 bridgehead atoms. The largest absolute Gasteiger partial charge is 0.316 e. The minimum absolute atomic E-state index is 0.336. The lowest BCUT2D eigenvalue weighted by Crippen LogP contribution is -2.24. The van der Waals surface area contributed by atoms with Crippen molar-refractivity contribution in [3.63, 3.8) is 0 Å². The van der Waals surface area contributed by atoms with Gasteiger partial charge in [0, 0.05) is 24.4 Å². The van der Waals surface area contributed by atoms with E-state index in [1.54, 1.807) is 0 Å². The fourth-order valence-electron chi connectivity index (χ4n) is 1.82. The van der Waals surface area contributed by atoms with Crippen LogP contribution in [-0.4, -0.2) is 18.1 Å². The first-order valence-corrected chi connectivity index (χ1v) is 4.42. The summed E-state index contributed by atoms with van der Waals surface area (Å²) >= 11 is 0. The summed E-state index contributed by atoms with van der Waals surface area (Å²) in [7, 11) is 0. The Labute approximate surface area is 73.0 Å². The maximum absolute atomic E-state index is 4.03. The van der Waals surface area contributed by atoms with Crippen molar-refractivity contribution in [1.29, 1.82) is 0 Å². The van der Waals surface area contributed by atoms with Crippen LogP contribution in [0, 0.1) is 0 Å². The Morgan fingerprint density at radius 2 is 2.17 bits per heavy atom. The van der Waals surface area contributed by atoms with Gasteiger partial charge in [-0.2, -0.15) is 0 Å². The number of pyridine rings is 1. The van der Waals surface area contributed by atoms with Crippen molar-refractivity contribution in [1.82, 2.24) is 10.3 Å². The van der Waals surface area contributed by atoms with E-state index in [1.807, 2.05) is 12.4 Å². The predicted octanol–water partition coefficient (Wildman–Crippen LogP) is 1.33. The molecule has 0 amide bonds. The second kappa shape index (κ2) is 2.87. The van der Waals surface area contributed by atoms with Crippen molar-refractivity contribution in [2.24, 2.45) is 0 Å². The van der Waals surface area contributed by atoms with Crippen LogP contribution in [0.1, 0.15) is 18.9 Å². The number of aromatic nitrogens is 1. The molecule has 1 aromatic heterocycles. The zero-order valence-corrected chi connectivity index (χ0v) is 7.38. The summed E-state index contributed by atoms with van der Waals surface area (Å²) in [5.41, 5.74) is 1.74. The van der Waals surface area contributed by atoms with Gasteiger partial charge in [0.1, 0.15) is 0 Å². The smallest absolute Gasteiger partial charge is 0.0270 e. The highest BCUT2D eigenvalue weighted by Gasteiger charge is 2.29. The van der Waals surface area contributed by atoms with Crippen LogP contribution in [0.25, 0.3) is 0 Å². The number of hydrogen-bond donors (Lipinski definition) is 1. The Morgan fingerprint density at radius 1 is 1.42 bits per heavy atom. The molecule has 1 N–H and O–H groups in total. The first-order valence-electron chi connectivity index (χ1n) is 4.42. The zero-order valence-electron chi connectivity index (χ0n) is 7.38. The molecule has 2 rings (SSSR count). The molecule has 1 aliphatic rings. The van der Waals surface area contributed by atoms with Gasteiger partial charge in [0.2, 0.25) is 0 Å². The third kappa shape index (κ3) is 1.23. The van der Waals surface area contributed by atoms with Gasteiger partial charge >= 0.3 is 0 Å². The molecule has 0 saturated carbocycles. The van der Waals surface area contributed by atoms with Crippen LogP contribution in [0.5, 0.6) is 0 Å². The van der Waals surface area contributed by atoms with Crippen LogP contribution in [0.3, 0.4) is 0 Å². The number of rotatable bonds is 1. The van der Waals surface area contributed by atoms with Crippen molar-refractivity contribution in [3.8, 4) is 0 Å². The van der Waals surface area contributed by atoms with Crippen molar-refractivity contribution in [2.75, 3.05) is 13.1 Å². The van der Waals surface area contributed by atoms with E-state index >= 15 is 0 Å². The summed E-state index contributed by atoms with van der Waals surface area (Å²) in [5, 5.41) is 3.39. The molecule has 1 aliphatic heterocycles. The summed E-state index contributed by atoms with van der Waals surface area (Å²) in [6, 6.07) is 4.24. The summed E-state index contributed by atoms with van der Waals surface area (Å²) in [6.07, 6.45) is 4.98. The Kier molecular flexibility index (Phi) is 1.85. The zero-order chi connectivity index (χ0) is 8.44. The Hall–Kier alpha value is -0.890. The van der Waals surface area contributed by atoms with Gasteiger partial charge in [-0.15, -0.1) is 0 Å². The normalized spacial score (nSPS) is 29.1. The maximum Gasteiger partial charge on any atom is 0.0270 e. The van der Waals surface area contributed by atoms with Crippen LogP contribution < -0.4 is 5.32 Å². The van der Waals surface area contributed by atoms with E-state index in [0.717, 1.165) is 13.1 Å². The lowest BCUT2D eigenvalue weighted by molar-refractivity contribution is 0.524. The van der Waals surface area contributed by atoms with E-state index in [4.69, 9.17) is 0 Å². The van der Waals surface area contributed by atoms with E-state index in [9.17, 15) is 0 Å². The van der Waals surface area contributed by atoms with Gasteiger partial charge in [0.25, 0.3) is 0 Å². The molecule has 1 aromatic rings. The molecule has 2 heteroatoms. The molecule has 0 aliphatic carbocycles.